The Kier molecular flexibility index (Phi) is 4.40. The first-order chi connectivity index (χ1) is 9.65. The van der Waals surface area contributed by atoms with Gasteiger partial charge in [-0.15, -0.1) is 0 Å². The minimum absolute atomic E-state index is 0.137. The molecule has 20 heavy (non-hydrogen) atoms. The van der Waals surface area contributed by atoms with Crippen molar-refractivity contribution in [1.29, 1.82) is 0 Å². The zero-order chi connectivity index (χ0) is 14.5. The second kappa shape index (κ2) is 6.23. The van der Waals surface area contributed by atoms with Crippen molar-refractivity contribution in [2.45, 2.75) is 13.3 Å². The van der Waals surface area contributed by atoms with Gasteiger partial charge in [-0.25, -0.2) is 0 Å². The zero-order valence-electron chi connectivity index (χ0n) is 12.0. The summed E-state index contributed by atoms with van der Waals surface area (Å²) in [5, 5.41) is 7.08. The van der Waals surface area contributed by atoms with Gasteiger partial charge in [0, 0.05) is 19.2 Å². The number of hydrogen-bond acceptors (Lipinski definition) is 3. The highest BCUT2D eigenvalue weighted by atomic mass is 16.5. The molecule has 0 spiro atoms. The van der Waals surface area contributed by atoms with E-state index < -0.39 is 0 Å². The number of rotatable bonds is 5. The second-order valence-electron chi connectivity index (χ2n) is 4.52. The molecule has 0 aliphatic heterocycles. The van der Waals surface area contributed by atoms with Gasteiger partial charge in [-0.3, -0.25) is 9.48 Å². The Bertz CT molecular complexity index is 588. The summed E-state index contributed by atoms with van der Waals surface area (Å²) in [6, 6.07) is 9.47. The summed E-state index contributed by atoms with van der Waals surface area (Å²) in [6.45, 7) is 2.68. The van der Waals surface area contributed by atoms with Crippen molar-refractivity contribution in [1.82, 2.24) is 15.1 Å². The first-order valence-corrected chi connectivity index (χ1v) is 6.62. The Hall–Kier alpha value is -2.30. The minimum Gasteiger partial charge on any atom is -0.497 e. The highest BCUT2D eigenvalue weighted by molar-refractivity contribution is 5.93. The van der Waals surface area contributed by atoms with Gasteiger partial charge >= 0.3 is 0 Å². The zero-order valence-corrected chi connectivity index (χ0v) is 12.0. The Labute approximate surface area is 118 Å². The summed E-state index contributed by atoms with van der Waals surface area (Å²) in [5.74, 6) is 0.666. The van der Waals surface area contributed by atoms with Gasteiger partial charge in [0.05, 0.1) is 12.8 Å². The standard InChI is InChI=1S/C15H19N3O2/c1-4-9-16-15(19)13-10-14(18(2)17-13)11-5-7-12(20-3)8-6-11/h5-8,10H,4,9H2,1-3H3,(H,16,19). The summed E-state index contributed by atoms with van der Waals surface area (Å²) >= 11 is 0. The van der Waals surface area contributed by atoms with Crippen LogP contribution >= 0.6 is 0 Å². The molecule has 106 valence electrons. The van der Waals surface area contributed by atoms with Crippen LogP contribution in [0.1, 0.15) is 23.8 Å². The van der Waals surface area contributed by atoms with Crippen LogP contribution in [0.3, 0.4) is 0 Å². The molecule has 0 unspecified atom stereocenters. The number of nitrogens with zero attached hydrogens (tertiary/aromatic N) is 2. The van der Waals surface area contributed by atoms with Gasteiger partial charge in [-0.05, 0) is 36.8 Å². The van der Waals surface area contributed by atoms with Crippen LogP contribution in [0.2, 0.25) is 0 Å². The number of nitrogens with one attached hydrogen (secondary N) is 1. The fraction of sp³-hybridized carbons (Fsp3) is 0.333. The number of carbonyl (C=O) groups is 1. The molecular formula is C15H19N3O2. The van der Waals surface area contributed by atoms with Gasteiger partial charge in [0.1, 0.15) is 5.75 Å². The van der Waals surface area contributed by atoms with Crippen molar-refractivity contribution in [3.63, 3.8) is 0 Å². The third-order valence-electron chi connectivity index (χ3n) is 3.03. The number of ether oxygens (including phenoxy) is 1. The number of methoxy groups -OCH3 is 1. The van der Waals surface area contributed by atoms with Crippen LogP contribution in [-0.4, -0.2) is 29.3 Å². The Morgan fingerprint density at radius 2 is 2.05 bits per heavy atom. The highest BCUT2D eigenvalue weighted by Gasteiger charge is 2.13. The van der Waals surface area contributed by atoms with Crippen LogP contribution in [-0.2, 0) is 7.05 Å². The molecule has 1 aromatic carbocycles. The van der Waals surface area contributed by atoms with Gasteiger partial charge in [-0.1, -0.05) is 6.92 Å². The van der Waals surface area contributed by atoms with E-state index in [1.165, 1.54) is 0 Å². The fourth-order valence-electron chi connectivity index (χ4n) is 1.94. The normalized spacial score (nSPS) is 10.3. The third-order valence-corrected chi connectivity index (χ3v) is 3.03. The molecule has 0 aliphatic carbocycles. The summed E-state index contributed by atoms with van der Waals surface area (Å²) in [5.41, 5.74) is 2.33. The maximum atomic E-state index is 11.9. The first-order valence-electron chi connectivity index (χ1n) is 6.62. The number of hydrogen-bond donors (Lipinski definition) is 1. The molecule has 0 aliphatic rings. The summed E-state index contributed by atoms with van der Waals surface area (Å²) in [4.78, 5) is 11.9. The number of carbonyl (C=O) groups excluding carboxylic acids is 1. The molecule has 5 nitrogen and oxygen atoms in total. The average Bonchev–Trinajstić information content (AvgIpc) is 2.87. The second-order valence-corrected chi connectivity index (χ2v) is 4.52. The van der Waals surface area contributed by atoms with E-state index in [0.29, 0.717) is 12.2 Å². The largest absolute Gasteiger partial charge is 0.497 e. The molecule has 2 rings (SSSR count). The molecule has 5 heteroatoms. The van der Waals surface area contributed by atoms with Crippen LogP contribution in [0.5, 0.6) is 5.75 Å². The van der Waals surface area contributed by atoms with Crippen molar-refractivity contribution in [2.75, 3.05) is 13.7 Å². The molecule has 1 aromatic heterocycles. The summed E-state index contributed by atoms with van der Waals surface area (Å²) < 4.78 is 6.85. The van der Waals surface area contributed by atoms with Crippen LogP contribution < -0.4 is 10.1 Å². The molecule has 0 fully saturated rings. The van der Waals surface area contributed by atoms with E-state index in [2.05, 4.69) is 10.4 Å². The Morgan fingerprint density at radius 1 is 1.35 bits per heavy atom. The van der Waals surface area contributed by atoms with Gasteiger partial charge < -0.3 is 10.1 Å². The first kappa shape index (κ1) is 14.1. The molecule has 0 bridgehead atoms. The number of aromatic nitrogens is 2. The molecule has 0 saturated carbocycles. The van der Waals surface area contributed by atoms with E-state index in [9.17, 15) is 4.79 Å². The van der Waals surface area contributed by atoms with E-state index in [-0.39, 0.29) is 5.91 Å². The number of amides is 1. The van der Waals surface area contributed by atoms with Gasteiger partial charge in [0.25, 0.3) is 5.91 Å². The van der Waals surface area contributed by atoms with E-state index in [4.69, 9.17) is 4.74 Å². The number of aryl methyl sites for hydroxylation is 1. The maximum absolute atomic E-state index is 11.9. The molecule has 2 aromatic rings. The Morgan fingerprint density at radius 3 is 2.65 bits per heavy atom. The molecule has 0 radical (unpaired) electrons. The monoisotopic (exact) mass is 273 g/mol. The molecular weight excluding hydrogens is 254 g/mol. The number of benzene rings is 1. The van der Waals surface area contributed by atoms with Gasteiger partial charge in [0.15, 0.2) is 5.69 Å². The average molecular weight is 273 g/mol. The summed E-state index contributed by atoms with van der Waals surface area (Å²) in [6.07, 6.45) is 0.907. The topological polar surface area (TPSA) is 56.1 Å². The van der Waals surface area contributed by atoms with E-state index in [1.807, 2.05) is 38.2 Å². The summed E-state index contributed by atoms with van der Waals surface area (Å²) in [7, 11) is 3.46. The molecule has 1 heterocycles. The Balaban J connectivity index is 2.24. The van der Waals surface area contributed by atoms with Crippen molar-refractivity contribution in [3.8, 4) is 17.0 Å². The molecule has 1 amide bonds. The highest BCUT2D eigenvalue weighted by Crippen LogP contribution is 2.22. The van der Waals surface area contributed by atoms with E-state index in [1.54, 1.807) is 17.9 Å². The van der Waals surface area contributed by atoms with Crippen LogP contribution in [0.4, 0.5) is 0 Å². The maximum Gasteiger partial charge on any atom is 0.271 e. The SMILES string of the molecule is CCCNC(=O)c1cc(-c2ccc(OC)cc2)n(C)n1. The lowest BCUT2D eigenvalue weighted by molar-refractivity contribution is 0.0948. The van der Waals surface area contributed by atoms with Crippen LogP contribution in [0.15, 0.2) is 30.3 Å². The predicted molar refractivity (Wildman–Crippen MR) is 77.8 cm³/mol. The van der Waals surface area contributed by atoms with Crippen molar-refractivity contribution in [2.24, 2.45) is 7.05 Å². The smallest absolute Gasteiger partial charge is 0.271 e. The third kappa shape index (κ3) is 2.99. The minimum atomic E-state index is -0.137. The lowest BCUT2D eigenvalue weighted by atomic mass is 10.1. The molecule has 1 N–H and O–H groups in total. The van der Waals surface area contributed by atoms with Crippen molar-refractivity contribution >= 4 is 5.91 Å². The molecule has 0 atom stereocenters. The van der Waals surface area contributed by atoms with E-state index >= 15 is 0 Å². The lowest BCUT2D eigenvalue weighted by Gasteiger charge is -2.03. The molecule has 0 saturated heterocycles. The fourth-order valence-corrected chi connectivity index (χ4v) is 1.94. The van der Waals surface area contributed by atoms with Crippen LogP contribution in [0.25, 0.3) is 11.3 Å². The van der Waals surface area contributed by atoms with E-state index in [0.717, 1.165) is 23.4 Å². The van der Waals surface area contributed by atoms with Gasteiger partial charge in [0.2, 0.25) is 0 Å². The predicted octanol–water partition coefficient (Wildman–Crippen LogP) is 2.24. The van der Waals surface area contributed by atoms with Crippen LogP contribution in [0, 0.1) is 0 Å². The quantitative estimate of drug-likeness (QED) is 0.909. The van der Waals surface area contributed by atoms with Crippen molar-refractivity contribution < 1.29 is 9.53 Å². The lowest BCUT2D eigenvalue weighted by Crippen LogP contribution is -2.24. The van der Waals surface area contributed by atoms with Crippen molar-refractivity contribution in [3.05, 3.63) is 36.0 Å². The van der Waals surface area contributed by atoms with Gasteiger partial charge in [-0.2, -0.15) is 5.10 Å².